The van der Waals surface area contributed by atoms with Gasteiger partial charge in [0.05, 0.1) is 11.6 Å². The average Bonchev–Trinajstić information content (AvgIpc) is 3.44. The van der Waals surface area contributed by atoms with Gasteiger partial charge in [0.15, 0.2) is 5.78 Å². The number of benzene rings is 1. The number of amides is 2. The standard InChI is InChI=1S/C24H27Cl2NO5/c1-24(14-7-4-5-8-14)12-13-11-16(18(25)19(26)17(13)21(24)29)32-10-6-2-3-9-15-20(28)23(31)27-22(15)30/h11,14-15H,2-10,12H2,1H3,(H,27,30,31). The minimum atomic E-state index is -0.861. The Labute approximate surface area is 197 Å². The number of imide groups is 1. The van der Waals surface area contributed by atoms with Crippen molar-refractivity contribution in [2.45, 2.75) is 64.7 Å². The molecule has 3 aliphatic rings. The highest BCUT2D eigenvalue weighted by Gasteiger charge is 2.49. The average molecular weight is 480 g/mol. The molecule has 1 aromatic rings. The van der Waals surface area contributed by atoms with Crippen LogP contribution in [0.25, 0.3) is 0 Å². The lowest BCUT2D eigenvalue weighted by Crippen LogP contribution is -2.32. The van der Waals surface area contributed by atoms with E-state index < -0.39 is 28.9 Å². The molecule has 1 saturated carbocycles. The zero-order chi connectivity index (χ0) is 23.0. The van der Waals surface area contributed by atoms with Crippen LogP contribution in [0.15, 0.2) is 6.07 Å². The number of carbonyl (C=O) groups excluding carboxylic acids is 4. The van der Waals surface area contributed by atoms with E-state index in [1.165, 1.54) is 12.8 Å². The molecule has 2 fully saturated rings. The Kier molecular flexibility index (Phi) is 6.64. The number of rotatable bonds is 8. The molecule has 2 aliphatic carbocycles. The summed E-state index contributed by atoms with van der Waals surface area (Å²) in [5.74, 6) is -1.86. The maximum Gasteiger partial charge on any atom is 0.294 e. The number of ether oxygens (including phenoxy) is 1. The molecular formula is C24H27Cl2NO5. The van der Waals surface area contributed by atoms with E-state index in [1.54, 1.807) is 0 Å². The van der Waals surface area contributed by atoms with Crippen molar-refractivity contribution in [3.63, 3.8) is 0 Å². The van der Waals surface area contributed by atoms with E-state index in [9.17, 15) is 19.2 Å². The summed E-state index contributed by atoms with van der Waals surface area (Å²) in [5.41, 5.74) is 1.03. The Bertz CT molecular complexity index is 985. The molecule has 172 valence electrons. The first-order valence-corrected chi connectivity index (χ1v) is 12.1. The van der Waals surface area contributed by atoms with Crippen LogP contribution in [0.3, 0.4) is 0 Å². The van der Waals surface area contributed by atoms with Gasteiger partial charge >= 0.3 is 0 Å². The summed E-state index contributed by atoms with van der Waals surface area (Å²) in [7, 11) is 0. The Hall–Kier alpha value is -1.92. The number of halogens is 2. The van der Waals surface area contributed by atoms with Gasteiger partial charge in [-0.1, -0.05) is 55.8 Å². The van der Waals surface area contributed by atoms with Crippen molar-refractivity contribution in [1.29, 1.82) is 0 Å². The summed E-state index contributed by atoms with van der Waals surface area (Å²) in [5, 5.41) is 2.59. The fourth-order valence-electron chi connectivity index (χ4n) is 5.41. The Morgan fingerprint density at radius 2 is 1.78 bits per heavy atom. The molecule has 0 radical (unpaired) electrons. The van der Waals surface area contributed by atoms with E-state index in [1.807, 2.05) is 11.4 Å². The number of fused-ring (bicyclic) bond motifs is 1. The van der Waals surface area contributed by atoms with Gasteiger partial charge in [-0.3, -0.25) is 24.5 Å². The summed E-state index contributed by atoms with van der Waals surface area (Å²) in [6, 6.07) is 1.86. The first-order valence-electron chi connectivity index (χ1n) is 11.3. The van der Waals surface area contributed by atoms with E-state index >= 15 is 0 Å². The fraction of sp³-hybridized carbons (Fsp3) is 0.583. The molecule has 2 amide bonds. The van der Waals surface area contributed by atoms with Crippen LogP contribution in [0.4, 0.5) is 0 Å². The molecule has 0 aromatic heterocycles. The topological polar surface area (TPSA) is 89.5 Å². The number of Topliss-reactive ketones (excluding diaryl/α,β-unsaturated/α-hetero) is 2. The third-order valence-corrected chi connectivity index (χ3v) is 8.15. The van der Waals surface area contributed by atoms with Crippen molar-refractivity contribution >= 4 is 46.6 Å². The van der Waals surface area contributed by atoms with Crippen molar-refractivity contribution < 1.29 is 23.9 Å². The quantitative estimate of drug-likeness (QED) is 0.252. The molecular weight excluding hydrogens is 453 g/mol. The van der Waals surface area contributed by atoms with Gasteiger partial charge in [0.25, 0.3) is 5.91 Å². The molecule has 6 nitrogen and oxygen atoms in total. The number of unbranched alkanes of at least 4 members (excludes halogenated alkanes) is 2. The normalized spacial score (nSPS) is 25.5. The van der Waals surface area contributed by atoms with E-state index in [0.29, 0.717) is 49.5 Å². The highest BCUT2D eigenvalue weighted by atomic mass is 35.5. The summed E-state index contributed by atoms with van der Waals surface area (Å²) < 4.78 is 5.88. The van der Waals surface area contributed by atoms with Crippen molar-refractivity contribution in [1.82, 2.24) is 5.32 Å². The second-order valence-corrected chi connectivity index (χ2v) is 10.1. The molecule has 1 N–H and O–H groups in total. The lowest BCUT2D eigenvalue weighted by Gasteiger charge is -2.29. The van der Waals surface area contributed by atoms with Gasteiger partial charge in [0, 0.05) is 11.0 Å². The molecule has 1 saturated heterocycles. The Morgan fingerprint density at radius 3 is 2.44 bits per heavy atom. The highest BCUT2D eigenvalue weighted by molar-refractivity contribution is 6.48. The molecule has 1 aliphatic heterocycles. The lowest BCUT2D eigenvalue weighted by atomic mass is 9.73. The minimum absolute atomic E-state index is 0.0989. The van der Waals surface area contributed by atoms with Gasteiger partial charge in [-0.2, -0.15) is 0 Å². The molecule has 2 atom stereocenters. The molecule has 2 unspecified atom stereocenters. The maximum absolute atomic E-state index is 13.2. The Balaban J connectivity index is 1.33. The van der Waals surface area contributed by atoms with E-state index in [0.717, 1.165) is 24.8 Å². The van der Waals surface area contributed by atoms with Crippen molar-refractivity contribution in [2.75, 3.05) is 6.61 Å². The summed E-state index contributed by atoms with van der Waals surface area (Å²) >= 11 is 13.0. The summed E-state index contributed by atoms with van der Waals surface area (Å²) in [4.78, 5) is 47.7. The number of nitrogens with one attached hydrogen (secondary N) is 1. The van der Waals surface area contributed by atoms with Gasteiger partial charge in [-0.15, -0.1) is 0 Å². The number of carbonyl (C=O) groups is 4. The van der Waals surface area contributed by atoms with Crippen molar-refractivity contribution in [3.8, 4) is 5.75 Å². The van der Waals surface area contributed by atoms with Crippen LogP contribution in [-0.4, -0.2) is 30.0 Å². The number of hydrogen-bond acceptors (Lipinski definition) is 5. The third kappa shape index (κ3) is 4.08. The van der Waals surface area contributed by atoms with Crippen LogP contribution in [0.1, 0.15) is 74.2 Å². The fourth-order valence-corrected chi connectivity index (χ4v) is 5.91. The van der Waals surface area contributed by atoms with Crippen LogP contribution < -0.4 is 10.1 Å². The molecule has 0 bridgehead atoms. The van der Waals surface area contributed by atoms with Crippen molar-refractivity contribution in [2.24, 2.45) is 17.3 Å². The van der Waals surface area contributed by atoms with Gasteiger partial charge in [0.1, 0.15) is 16.7 Å². The monoisotopic (exact) mass is 479 g/mol. The SMILES string of the molecule is CC1(C2CCCC2)Cc2cc(OCCCCCC3C(=O)NC(=O)C3=O)c(Cl)c(Cl)c2C1=O. The van der Waals surface area contributed by atoms with E-state index in [4.69, 9.17) is 27.9 Å². The first-order chi connectivity index (χ1) is 15.2. The highest BCUT2D eigenvalue weighted by Crippen LogP contribution is 2.52. The largest absolute Gasteiger partial charge is 0.492 e. The molecule has 32 heavy (non-hydrogen) atoms. The molecule has 1 aromatic carbocycles. The van der Waals surface area contributed by atoms with E-state index in [2.05, 4.69) is 6.92 Å². The van der Waals surface area contributed by atoms with E-state index in [-0.39, 0.29) is 15.8 Å². The molecule has 1 heterocycles. The Morgan fingerprint density at radius 1 is 1.06 bits per heavy atom. The van der Waals surface area contributed by atoms with Crippen LogP contribution in [-0.2, 0) is 20.8 Å². The van der Waals surface area contributed by atoms with Crippen LogP contribution in [0.2, 0.25) is 10.0 Å². The zero-order valence-electron chi connectivity index (χ0n) is 18.1. The van der Waals surface area contributed by atoms with Gasteiger partial charge in [-0.25, -0.2) is 0 Å². The van der Waals surface area contributed by atoms with Gasteiger partial charge in [-0.05, 0) is 49.7 Å². The second kappa shape index (κ2) is 9.14. The second-order valence-electron chi connectivity index (χ2n) is 9.37. The predicted molar refractivity (Wildman–Crippen MR) is 120 cm³/mol. The summed E-state index contributed by atoms with van der Waals surface area (Å²) in [6.07, 6.45) is 7.57. The minimum Gasteiger partial charge on any atom is -0.492 e. The van der Waals surface area contributed by atoms with Crippen molar-refractivity contribution in [3.05, 3.63) is 27.2 Å². The summed E-state index contributed by atoms with van der Waals surface area (Å²) in [6.45, 7) is 2.45. The number of ketones is 2. The molecule has 0 spiro atoms. The van der Waals surface area contributed by atoms with Crippen LogP contribution in [0.5, 0.6) is 5.75 Å². The van der Waals surface area contributed by atoms with Crippen LogP contribution in [0, 0.1) is 17.3 Å². The number of hydrogen-bond donors (Lipinski definition) is 1. The van der Waals surface area contributed by atoms with Gasteiger partial charge in [0.2, 0.25) is 11.7 Å². The smallest absolute Gasteiger partial charge is 0.294 e. The maximum atomic E-state index is 13.2. The predicted octanol–water partition coefficient (Wildman–Crippen LogP) is 4.71. The zero-order valence-corrected chi connectivity index (χ0v) is 19.6. The third-order valence-electron chi connectivity index (χ3n) is 7.30. The van der Waals surface area contributed by atoms with Crippen LogP contribution >= 0.6 is 23.2 Å². The molecule has 4 rings (SSSR count). The molecule has 8 heteroatoms. The first kappa shape index (κ1) is 23.2. The lowest BCUT2D eigenvalue weighted by molar-refractivity contribution is -0.136. The van der Waals surface area contributed by atoms with Gasteiger partial charge < -0.3 is 4.74 Å².